The van der Waals surface area contributed by atoms with E-state index in [1.807, 2.05) is 12.1 Å². The lowest BCUT2D eigenvalue weighted by atomic mass is 9.71. The van der Waals surface area contributed by atoms with Crippen LogP contribution in [-0.2, 0) is 27.2 Å². The fourth-order valence-electron chi connectivity index (χ4n) is 6.77. The average molecular weight is 720 g/mol. The van der Waals surface area contributed by atoms with Crippen LogP contribution in [-0.4, -0.2) is 74.2 Å². The number of fused-ring (bicyclic) bond motifs is 3. The molecule has 2 aliphatic carbocycles. The Morgan fingerprint density at radius 3 is 2.33 bits per heavy atom. The Balaban J connectivity index is 0.00000217. The lowest BCUT2D eigenvalue weighted by molar-refractivity contribution is -0.246. The Bertz CT molecular complexity index is 1770. The number of hydrogen-bond acceptors (Lipinski definition) is 12. The van der Waals surface area contributed by atoms with Crippen molar-refractivity contribution in [1.82, 2.24) is 5.32 Å². The second-order valence-corrected chi connectivity index (χ2v) is 12.2. The minimum absolute atomic E-state index is 0. The number of nitrogen functional groups attached to an aromatic ring is 1. The van der Waals surface area contributed by atoms with Crippen molar-refractivity contribution in [3.05, 3.63) is 87.0 Å². The molecule has 6 rings (SSSR count). The molecule has 0 saturated carbocycles. The van der Waals surface area contributed by atoms with Crippen molar-refractivity contribution in [2.24, 2.45) is 0 Å². The summed E-state index contributed by atoms with van der Waals surface area (Å²) in [6.07, 6.45) is -4.34. The van der Waals surface area contributed by atoms with E-state index < -0.39 is 82.6 Å². The van der Waals surface area contributed by atoms with Crippen LogP contribution in [0.25, 0.3) is 0 Å². The summed E-state index contributed by atoms with van der Waals surface area (Å²) in [4.78, 5) is 51.7. The molecule has 3 aromatic rings. The van der Waals surface area contributed by atoms with Crippen molar-refractivity contribution in [3.8, 4) is 11.5 Å². The first-order valence-electron chi connectivity index (χ1n) is 14.9. The standard InChI is InChI=1S/C34H34N2O10.CH4.2ClH/c1-15-29(36-13-17-6-8-19(35)9-7-17)22(39)10-24(45-15)46-23-12-34(44,16(2)38)11-21-26(23)33(43)28-27(31(21)41)30(40)20-5-3-4-18(14-37)25(20)32(28)42;;;/h3-9,14-15,22-24,29,36,39,41,43-44H,10-13,35H2,1-2H3;1H4;2*1H/t15?,22?,23-,24?,29?,34+;;;/m1.../s1. The highest BCUT2D eigenvalue weighted by atomic mass is 35.5. The van der Waals surface area contributed by atoms with Crippen LogP contribution in [0.5, 0.6) is 11.5 Å². The van der Waals surface area contributed by atoms with Crippen LogP contribution in [0.2, 0.25) is 0 Å². The van der Waals surface area contributed by atoms with Crippen LogP contribution in [0.15, 0.2) is 42.5 Å². The summed E-state index contributed by atoms with van der Waals surface area (Å²) in [5, 5.41) is 48.8. The molecule has 7 N–H and O–H groups in total. The lowest BCUT2D eigenvalue weighted by Gasteiger charge is -2.43. The second kappa shape index (κ2) is 14.9. The van der Waals surface area contributed by atoms with E-state index in [-0.39, 0.29) is 72.9 Å². The summed E-state index contributed by atoms with van der Waals surface area (Å²) >= 11 is 0. The Labute approximate surface area is 295 Å². The molecular weight excluding hydrogens is 679 g/mol. The normalized spacial score (nSPS) is 25.3. The molecular formula is C35H40Cl2N2O10. The Morgan fingerprint density at radius 1 is 1.06 bits per heavy atom. The number of nitrogens with one attached hydrogen (secondary N) is 1. The molecule has 12 nitrogen and oxygen atoms in total. The maximum atomic E-state index is 13.7. The number of aromatic hydroxyl groups is 2. The molecule has 49 heavy (non-hydrogen) atoms. The predicted molar refractivity (Wildman–Crippen MR) is 184 cm³/mol. The van der Waals surface area contributed by atoms with E-state index >= 15 is 0 Å². The number of nitrogens with two attached hydrogens (primary N) is 1. The predicted octanol–water partition coefficient (Wildman–Crippen LogP) is 3.73. The van der Waals surface area contributed by atoms with Gasteiger partial charge in [0.25, 0.3) is 0 Å². The van der Waals surface area contributed by atoms with Gasteiger partial charge in [0.15, 0.2) is 29.9 Å². The van der Waals surface area contributed by atoms with E-state index in [4.69, 9.17) is 15.2 Å². The van der Waals surface area contributed by atoms with Gasteiger partial charge in [-0.3, -0.25) is 19.2 Å². The van der Waals surface area contributed by atoms with Crippen molar-refractivity contribution in [2.45, 2.75) is 83.3 Å². The van der Waals surface area contributed by atoms with Gasteiger partial charge in [0.1, 0.15) is 17.1 Å². The van der Waals surface area contributed by atoms with Crippen molar-refractivity contribution < 1.29 is 49.1 Å². The van der Waals surface area contributed by atoms with Gasteiger partial charge in [-0.25, -0.2) is 0 Å². The van der Waals surface area contributed by atoms with E-state index in [0.717, 1.165) is 5.56 Å². The van der Waals surface area contributed by atoms with Gasteiger partial charge >= 0.3 is 0 Å². The van der Waals surface area contributed by atoms with Gasteiger partial charge in [-0.05, 0) is 31.5 Å². The summed E-state index contributed by atoms with van der Waals surface area (Å²) in [5.74, 6) is -3.64. The van der Waals surface area contributed by atoms with Gasteiger partial charge in [0, 0.05) is 59.3 Å². The number of Topliss-reactive ketones (excluding diaryl/α,β-unsaturated/α-hetero) is 1. The Morgan fingerprint density at radius 2 is 1.71 bits per heavy atom. The summed E-state index contributed by atoms with van der Waals surface area (Å²) in [5.41, 5.74) is 3.67. The second-order valence-electron chi connectivity index (χ2n) is 12.2. The molecule has 1 saturated heterocycles. The van der Waals surface area contributed by atoms with E-state index in [1.165, 1.54) is 25.1 Å². The maximum Gasteiger partial charge on any atom is 0.199 e. The molecule has 1 aliphatic heterocycles. The molecule has 0 bridgehead atoms. The number of rotatable bonds is 7. The number of halogens is 2. The third-order valence-electron chi connectivity index (χ3n) is 9.27. The zero-order valence-corrected chi connectivity index (χ0v) is 27.6. The minimum Gasteiger partial charge on any atom is -0.507 e. The highest BCUT2D eigenvalue weighted by molar-refractivity contribution is 6.32. The first-order chi connectivity index (χ1) is 21.8. The number of aliphatic hydroxyl groups is 2. The van der Waals surface area contributed by atoms with Gasteiger partial charge in [-0.15, -0.1) is 24.8 Å². The third-order valence-corrected chi connectivity index (χ3v) is 9.27. The van der Waals surface area contributed by atoms with Crippen molar-refractivity contribution >= 4 is 54.1 Å². The van der Waals surface area contributed by atoms with Gasteiger partial charge in [-0.1, -0.05) is 37.8 Å². The largest absolute Gasteiger partial charge is 0.507 e. The molecule has 14 heteroatoms. The molecule has 3 aliphatic rings. The van der Waals surface area contributed by atoms with Gasteiger partial charge < -0.3 is 41.0 Å². The van der Waals surface area contributed by atoms with Crippen LogP contribution in [0.4, 0.5) is 5.69 Å². The minimum atomic E-state index is -2.05. The van der Waals surface area contributed by atoms with E-state index in [0.29, 0.717) is 18.5 Å². The number of carbonyl (C=O) groups excluding carboxylic acids is 4. The number of phenols is 2. The molecule has 0 spiro atoms. The fourth-order valence-corrected chi connectivity index (χ4v) is 6.77. The third kappa shape index (κ3) is 6.82. The topological polar surface area (TPSA) is 206 Å². The molecule has 0 radical (unpaired) electrons. The van der Waals surface area contributed by atoms with Crippen molar-refractivity contribution in [1.29, 1.82) is 0 Å². The quantitative estimate of drug-likeness (QED) is 0.0919. The summed E-state index contributed by atoms with van der Waals surface area (Å²) < 4.78 is 12.3. The highest BCUT2D eigenvalue weighted by Crippen LogP contribution is 2.52. The summed E-state index contributed by atoms with van der Waals surface area (Å²) in [6.45, 7) is 3.35. The SMILES string of the molecule is C.CC(=O)[C@]1(O)Cc2c(O)c3c(c(O)c2[C@H](OC2CC(O)C(NCc4ccc(N)cc4)C(C)O2)C1)C(=O)c1c(C=O)cccc1C3=O.Cl.Cl. The molecule has 3 aromatic carbocycles. The van der Waals surface area contributed by atoms with E-state index in [9.17, 15) is 39.6 Å². The number of aliphatic hydroxyl groups excluding tert-OH is 1. The number of carbonyl (C=O) groups is 4. The zero-order chi connectivity index (χ0) is 33.1. The lowest BCUT2D eigenvalue weighted by Crippen LogP contribution is -2.55. The first-order valence-corrected chi connectivity index (χ1v) is 14.9. The van der Waals surface area contributed by atoms with Gasteiger partial charge in [-0.2, -0.15) is 0 Å². The summed E-state index contributed by atoms with van der Waals surface area (Å²) in [7, 11) is 0. The fraction of sp³-hybridized carbons (Fsp3) is 0.371. The number of anilines is 1. The summed E-state index contributed by atoms with van der Waals surface area (Å²) in [6, 6.07) is 10.9. The van der Waals surface area contributed by atoms with Crippen LogP contribution >= 0.6 is 24.8 Å². The van der Waals surface area contributed by atoms with Crippen LogP contribution < -0.4 is 11.1 Å². The number of hydrogen-bond donors (Lipinski definition) is 6. The number of phenolic OH excluding ortho intramolecular Hbond substituents is 2. The zero-order valence-electron chi connectivity index (χ0n) is 26.0. The number of ketones is 3. The number of benzene rings is 3. The van der Waals surface area contributed by atoms with E-state index in [2.05, 4.69) is 5.32 Å². The first kappa shape index (κ1) is 39.6. The average Bonchev–Trinajstić information content (AvgIpc) is 3.01. The van der Waals surface area contributed by atoms with Crippen LogP contribution in [0.1, 0.15) is 99.1 Å². The number of aldehydes is 1. The molecule has 4 unspecified atom stereocenters. The number of ether oxygens (including phenoxy) is 2. The molecule has 0 amide bonds. The molecule has 6 atom stereocenters. The maximum absolute atomic E-state index is 13.7. The molecule has 1 heterocycles. The Hall–Kier alpha value is -3.88. The van der Waals surface area contributed by atoms with E-state index in [1.54, 1.807) is 19.1 Å². The highest BCUT2D eigenvalue weighted by Gasteiger charge is 2.49. The monoisotopic (exact) mass is 718 g/mol. The van der Waals surface area contributed by atoms with Crippen LogP contribution in [0, 0.1) is 0 Å². The molecule has 0 aromatic heterocycles. The van der Waals surface area contributed by atoms with Crippen LogP contribution in [0.3, 0.4) is 0 Å². The smallest absolute Gasteiger partial charge is 0.199 e. The Kier molecular flexibility index (Phi) is 12.1. The van der Waals surface area contributed by atoms with Gasteiger partial charge in [0.2, 0.25) is 0 Å². The van der Waals surface area contributed by atoms with Crippen molar-refractivity contribution in [3.63, 3.8) is 0 Å². The molecule has 1 fully saturated rings. The molecule has 264 valence electrons. The van der Waals surface area contributed by atoms with Gasteiger partial charge in [0.05, 0.1) is 35.5 Å². The van der Waals surface area contributed by atoms with Crippen molar-refractivity contribution in [2.75, 3.05) is 5.73 Å².